The predicted octanol–water partition coefficient (Wildman–Crippen LogP) is 3.35. The summed E-state index contributed by atoms with van der Waals surface area (Å²) in [6.45, 7) is 0.400. The van der Waals surface area contributed by atoms with Crippen molar-refractivity contribution < 1.29 is 9.72 Å². The SMILES string of the molecule is O=C(NCc1ccsc1)c1cc([N+](=O)[O-])ccc1Br. The summed E-state index contributed by atoms with van der Waals surface area (Å²) in [5, 5.41) is 17.3. The highest BCUT2D eigenvalue weighted by atomic mass is 79.9. The van der Waals surface area contributed by atoms with Gasteiger partial charge < -0.3 is 5.32 Å². The number of nitro benzene ring substituents is 1. The lowest BCUT2D eigenvalue weighted by Crippen LogP contribution is -2.23. The quantitative estimate of drug-likeness (QED) is 0.685. The number of nitrogens with one attached hydrogen (secondary N) is 1. The van der Waals surface area contributed by atoms with Gasteiger partial charge in [0.05, 0.1) is 10.5 Å². The lowest BCUT2D eigenvalue weighted by molar-refractivity contribution is -0.384. The normalized spacial score (nSPS) is 10.2. The highest BCUT2D eigenvalue weighted by Gasteiger charge is 2.15. The van der Waals surface area contributed by atoms with Gasteiger partial charge >= 0.3 is 0 Å². The van der Waals surface area contributed by atoms with Crippen molar-refractivity contribution in [3.63, 3.8) is 0 Å². The second kappa shape index (κ2) is 5.94. The van der Waals surface area contributed by atoms with E-state index in [0.717, 1.165) is 5.56 Å². The van der Waals surface area contributed by atoms with Crippen LogP contribution in [0, 0.1) is 10.1 Å². The molecular weight excluding hydrogens is 332 g/mol. The van der Waals surface area contributed by atoms with E-state index in [-0.39, 0.29) is 17.2 Å². The number of hydrogen-bond donors (Lipinski definition) is 1. The van der Waals surface area contributed by atoms with E-state index in [0.29, 0.717) is 11.0 Å². The standard InChI is InChI=1S/C12H9BrN2O3S/c13-11-2-1-9(15(17)18)5-10(11)12(16)14-6-8-3-4-19-7-8/h1-5,7H,6H2,(H,14,16). The third-order valence-corrected chi connectivity index (χ3v) is 3.86. The number of carbonyl (C=O) groups excluding carboxylic acids is 1. The lowest BCUT2D eigenvalue weighted by Gasteiger charge is -2.05. The van der Waals surface area contributed by atoms with Gasteiger partial charge in [0.15, 0.2) is 0 Å². The van der Waals surface area contributed by atoms with E-state index < -0.39 is 4.92 Å². The average Bonchev–Trinajstić information content (AvgIpc) is 2.89. The first-order valence-corrected chi connectivity index (χ1v) is 7.04. The van der Waals surface area contributed by atoms with Crippen molar-refractivity contribution in [1.82, 2.24) is 5.32 Å². The van der Waals surface area contributed by atoms with Crippen molar-refractivity contribution in [3.05, 3.63) is 60.7 Å². The summed E-state index contributed by atoms with van der Waals surface area (Å²) < 4.78 is 0.529. The predicted molar refractivity (Wildman–Crippen MR) is 76.3 cm³/mol. The van der Waals surface area contributed by atoms with Crippen LogP contribution in [0.25, 0.3) is 0 Å². The first-order valence-electron chi connectivity index (χ1n) is 5.31. The van der Waals surface area contributed by atoms with E-state index in [1.54, 1.807) is 11.3 Å². The minimum absolute atomic E-state index is 0.108. The van der Waals surface area contributed by atoms with Gasteiger partial charge in [-0.2, -0.15) is 11.3 Å². The molecule has 0 saturated heterocycles. The molecule has 2 rings (SSSR count). The maximum absolute atomic E-state index is 12.0. The summed E-state index contributed by atoms with van der Waals surface area (Å²) in [5.74, 6) is -0.346. The largest absolute Gasteiger partial charge is 0.348 e. The molecule has 0 spiro atoms. The summed E-state index contributed by atoms with van der Waals surface area (Å²) >= 11 is 4.76. The van der Waals surface area contributed by atoms with Crippen LogP contribution in [0.2, 0.25) is 0 Å². The number of thiophene rings is 1. The Bertz CT molecular complexity index is 613. The molecule has 2 aromatic rings. The maximum Gasteiger partial charge on any atom is 0.270 e. The Hall–Kier alpha value is -1.73. The van der Waals surface area contributed by atoms with Gasteiger partial charge in [-0.3, -0.25) is 14.9 Å². The smallest absolute Gasteiger partial charge is 0.270 e. The lowest BCUT2D eigenvalue weighted by atomic mass is 10.2. The molecule has 1 aromatic heterocycles. The highest BCUT2D eigenvalue weighted by molar-refractivity contribution is 9.10. The molecule has 0 unspecified atom stereocenters. The van der Waals surface area contributed by atoms with Gasteiger partial charge in [-0.15, -0.1) is 0 Å². The molecule has 1 aromatic carbocycles. The second-order valence-electron chi connectivity index (χ2n) is 3.74. The fraction of sp³-hybridized carbons (Fsp3) is 0.0833. The van der Waals surface area contributed by atoms with Crippen LogP contribution in [0.4, 0.5) is 5.69 Å². The molecule has 98 valence electrons. The number of carbonyl (C=O) groups is 1. The van der Waals surface area contributed by atoms with Crippen molar-refractivity contribution in [3.8, 4) is 0 Å². The van der Waals surface area contributed by atoms with E-state index in [2.05, 4.69) is 21.2 Å². The van der Waals surface area contributed by atoms with Crippen LogP contribution in [0.15, 0.2) is 39.5 Å². The van der Waals surface area contributed by atoms with Gasteiger partial charge in [-0.1, -0.05) is 0 Å². The average molecular weight is 341 g/mol. The molecule has 19 heavy (non-hydrogen) atoms. The van der Waals surface area contributed by atoms with Crippen LogP contribution < -0.4 is 5.32 Å². The van der Waals surface area contributed by atoms with Crippen LogP contribution in [-0.2, 0) is 6.54 Å². The number of benzene rings is 1. The van der Waals surface area contributed by atoms with E-state index in [1.165, 1.54) is 18.2 Å². The Balaban J connectivity index is 2.14. The van der Waals surface area contributed by atoms with Crippen LogP contribution >= 0.6 is 27.3 Å². The minimum Gasteiger partial charge on any atom is -0.348 e. The van der Waals surface area contributed by atoms with Gasteiger partial charge in [0.2, 0.25) is 0 Å². The summed E-state index contributed by atoms with van der Waals surface area (Å²) in [6.07, 6.45) is 0. The fourth-order valence-corrected chi connectivity index (χ4v) is 2.57. The third-order valence-electron chi connectivity index (χ3n) is 2.44. The highest BCUT2D eigenvalue weighted by Crippen LogP contribution is 2.22. The molecule has 5 nitrogen and oxygen atoms in total. The molecule has 0 radical (unpaired) electrons. The van der Waals surface area contributed by atoms with Crippen molar-refractivity contribution in [2.24, 2.45) is 0 Å². The topological polar surface area (TPSA) is 72.2 Å². The van der Waals surface area contributed by atoms with E-state index >= 15 is 0 Å². The van der Waals surface area contributed by atoms with Gasteiger partial charge in [0.1, 0.15) is 0 Å². The molecule has 0 atom stereocenters. The summed E-state index contributed by atoms with van der Waals surface area (Å²) in [5.41, 5.74) is 1.15. The van der Waals surface area contributed by atoms with E-state index in [1.807, 2.05) is 16.8 Å². The summed E-state index contributed by atoms with van der Waals surface area (Å²) in [7, 11) is 0. The Morgan fingerprint density at radius 2 is 2.21 bits per heavy atom. The van der Waals surface area contributed by atoms with E-state index in [9.17, 15) is 14.9 Å². The molecule has 0 saturated carbocycles. The minimum atomic E-state index is -0.526. The third kappa shape index (κ3) is 3.39. The van der Waals surface area contributed by atoms with Gasteiger partial charge in [-0.05, 0) is 44.4 Å². The Morgan fingerprint density at radius 3 is 2.84 bits per heavy atom. The zero-order valence-electron chi connectivity index (χ0n) is 9.63. The number of rotatable bonds is 4. The molecule has 0 aliphatic heterocycles. The van der Waals surface area contributed by atoms with Gasteiger partial charge in [-0.25, -0.2) is 0 Å². The summed E-state index contributed by atoms with van der Waals surface area (Å²) in [6, 6.07) is 6.01. The Labute approximate surface area is 121 Å². The maximum atomic E-state index is 12.0. The van der Waals surface area contributed by atoms with Crippen molar-refractivity contribution >= 4 is 38.9 Å². The number of halogens is 1. The van der Waals surface area contributed by atoms with Gasteiger partial charge in [0, 0.05) is 23.2 Å². The fourth-order valence-electron chi connectivity index (χ4n) is 1.47. The van der Waals surface area contributed by atoms with Crippen LogP contribution in [0.5, 0.6) is 0 Å². The molecule has 1 heterocycles. The zero-order chi connectivity index (χ0) is 13.8. The number of nitrogens with zero attached hydrogens (tertiary/aromatic N) is 1. The molecular formula is C12H9BrN2O3S. The van der Waals surface area contributed by atoms with Gasteiger partial charge in [0.25, 0.3) is 11.6 Å². The monoisotopic (exact) mass is 340 g/mol. The van der Waals surface area contributed by atoms with Crippen LogP contribution in [0.3, 0.4) is 0 Å². The molecule has 0 fully saturated rings. The second-order valence-corrected chi connectivity index (χ2v) is 5.37. The Morgan fingerprint density at radius 1 is 1.42 bits per heavy atom. The molecule has 1 N–H and O–H groups in total. The van der Waals surface area contributed by atoms with Crippen LogP contribution in [-0.4, -0.2) is 10.8 Å². The molecule has 7 heteroatoms. The molecule has 0 aliphatic rings. The number of nitro groups is 1. The van der Waals surface area contributed by atoms with Crippen molar-refractivity contribution in [2.45, 2.75) is 6.54 Å². The molecule has 0 bridgehead atoms. The Kier molecular flexibility index (Phi) is 4.28. The first kappa shape index (κ1) is 13.7. The molecule has 0 aliphatic carbocycles. The summed E-state index contributed by atoms with van der Waals surface area (Å²) in [4.78, 5) is 22.1. The number of non-ortho nitro benzene ring substituents is 1. The number of hydrogen-bond acceptors (Lipinski definition) is 4. The van der Waals surface area contributed by atoms with Crippen LogP contribution in [0.1, 0.15) is 15.9 Å². The van der Waals surface area contributed by atoms with E-state index in [4.69, 9.17) is 0 Å². The first-order chi connectivity index (χ1) is 9.08. The molecule has 1 amide bonds. The van der Waals surface area contributed by atoms with Crippen molar-refractivity contribution in [2.75, 3.05) is 0 Å². The number of amides is 1. The van der Waals surface area contributed by atoms with Crippen molar-refractivity contribution in [1.29, 1.82) is 0 Å². The zero-order valence-corrected chi connectivity index (χ0v) is 12.0.